The third-order valence-electron chi connectivity index (χ3n) is 5.70. The summed E-state index contributed by atoms with van der Waals surface area (Å²) < 4.78 is 12.1. The molecular formula is C26H27N3O4. The number of rotatable bonds is 6. The van der Waals surface area contributed by atoms with Gasteiger partial charge in [0.1, 0.15) is 5.70 Å². The Morgan fingerprint density at radius 2 is 1.55 bits per heavy atom. The van der Waals surface area contributed by atoms with Crippen molar-refractivity contribution < 1.29 is 14.3 Å². The maximum absolute atomic E-state index is 13.6. The van der Waals surface area contributed by atoms with Gasteiger partial charge in [0.25, 0.3) is 11.5 Å². The van der Waals surface area contributed by atoms with E-state index < -0.39 is 0 Å². The minimum Gasteiger partial charge on any atom is -0.493 e. The summed E-state index contributed by atoms with van der Waals surface area (Å²) in [5, 5.41) is 0. The van der Waals surface area contributed by atoms with Gasteiger partial charge in [0.05, 0.1) is 14.2 Å². The van der Waals surface area contributed by atoms with Crippen molar-refractivity contribution in [3.63, 3.8) is 0 Å². The number of hydrogen-bond acceptors (Lipinski definition) is 5. The van der Waals surface area contributed by atoms with Crippen LogP contribution in [0.15, 0.2) is 77.7 Å². The monoisotopic (exact) mass is 445 g/mol. The predicted molar refractivity (Wildman–Crippen MR) is 130 cm³/mol. The first-order valence-electron chi connectivity index (χ1n) is 10.8. The highest BCUT2D eigenvalue weighted by molar-refractivity contribution is 6.18. The molecule has 0 saturated carbocycles. The fraction of sp³-hybridized carbons (Fsp3) is 0.231. The van der Waals surface area contributed by atoms with Crippen molar-refractivity contribution in [2.24, 2.45) is 0 Å². The average molecular weight is 446 g/mol. The number of pyridine rings is 1. The zero-order valence-electron chi connectivity index (χ0n) is 18.8. The fourth-order valence-corrected chi connectivity index (χ4v) is 3.93. The van der Waals surface area contributed by atoms with Crippen LogP contribution in [0.1, 0.15) is 5.56 Å². The number of para-hydroxylation sites is 1. The quantitative estimate of drug-likeness (QED) is 0.545. The van der Waals surface area contributed by atoms with Crippen LogP contribution in [-0.2, 0) is 4.79 Å². The Kier molecular flexibility index (Phi) is 6.78. The zero-order valence-corrected chi connectivity index (χ0v) is 18.8. The number of carbonyl (C=O) groups is 1. The topological polar surface area (TPSA) is 64.0 Å². The molecule has 0 spiro atoms. The second-order valence-corrected chi connectivity index (χ2v) is 7.67. The molecule has 2 aromatic carbocycles. The first kappa shape index (κ1) is 22.2. The van der Waals surface area contributed by atoms with Crippen molar-refractivity contribution in [3.05, 3.63) is 88.8 Å². The van der Waals surface area contributed by atoms with E-state index in [-0.39, 0.29) is 11.5 Å². The molecule has 1 fully saturated rings. The molecule has 7 nitrogen and oxygen atoms in total. The molecule has 1 aromatic heterocycles. The molecule has 0 N–H and O–H groups in total. The number of hydrogen-bond donors (Lipinski definition) is 0. The molecule has 33 heavy (non-hydrogen) atoms. The Balaban J connectivity index is 1.63. The molecule has 2 heterocycles. The molecule has 0 unspecified atom stereocenters. The predicted octanol–water partition coefficient (Wildman–Crippen LogP) is 3.21. The second kappa shape index (κ2) is 10.1. The second-order valence-electron chi connectivity index (χ2n) is 7.67. The number of methoxy groups -OCH3 is 2. The average Bonchev–Trinajstić information content (AvgIpc) is 2.88. The third-order valence-corrected chi connectivity index (χ3v) is 5.70. The molecule has 0 radical (unpaired) electrons. The number of anilines is 1. The van der Waals surface area contributed by atoms with Gasteiger partial charge in [-0.1, -0.05) is 30.3 Å². The van der Waals surface area contributed by atoms with Gasteiger partial charge >= 0.3 is 0 Å². The van der Waals surface area contributed by atoms with Gasteiger partial charge in [0.2, 0.25) is 0 Å². The molecule has 3 aromatic rings. The molecule has 0 atom stereocenters. The number of piperazine rings is 1. The standard InChI is InChI=1S/C26H27N3O4/c1-32-23-12-11-20(19-24(23)33-2)18-22(29-13-7-6-10-25(29)30)26(31)28-16-14-27(15-17-28)21-8-4-3-5-9-21/h3-13,18-19H,14-17H2,1-2H3/b22-18+. The summed E-state index contributed by atoms with van der Waals surface area (Å²) in [4.78, 5) is 30.3. The number of nitrogens with zero attached hydrogens (tertiary/aromatic N) is 3. The summed E-state index contributed by atoms with van der Waals surface area (Å²) in [7, 11) is 3.13. The van der Waals surface area contributed by atoms with Gasteiger partial charge in [-0.2, -0.15) is 0 Å². The summed E-state index contributed by atoms with van der Waals surface area (Å²) >= 11 is 0. The van der Waals surface area contributed by atoms with E-state index in [0.717, 1.165) is 24.3 Å². The van der Waals surface area contributed by atoms with E-state index in [2.05, 4.69) is 17.0 Å². The van der Waals surface area contributed by atoms with Crippen molar-refractivity contribution >= 4 is 23.4 Å². The number of ether oxygens (including phenoxy) is 2. The summed E-state index contributed by atoms with van der Waals surface area (Å²) in [5.41, 5.74) is 1.90. The number of carbonyl (C=O) groups excluding carboxylic acids is 1. The van der Waals surface area contributed by atoms with Crippen LogP contribution in [-0.4, -0.2) is 55.8 Å². The van der Waals surface area contributed by atoms with Crippen LogP contribution in [0.4, 0.5) is 5.69 Å². The minimum atomic E-state index is -0.263. The Bertz CT molecular complexity index is 1200. The van der Waals surface area contributed by atoms with Crippen molar-refractivity contribution in [3.8, 4) is 11.5 Å². The van der Waals surface area contributed by atoms with Gasteiger partial charge < -0.3 is 19.3 Å². The van der Waals surface area contributed by atoms with Crippen LogP contribution in [0.25, 0.3) is 11.8 Å². The van der Waals surface area contributed by atoms with Gasteiger partial charge in [-0.25, -0.2) is 0 Å². The van der Waals surface area contributed by atoms with E-state index in [1.165, 1.54) is 10.6 Å². The van der Waals surface area contributed by atoms with Crippen molar-refractivity contribution in [2.45, 2.75) is 0 Å². The first-order valence-corrected chi connectivity index (χ1v) is 10.8. The molecule has 1 aliphatic rings. The van der Waals surface area contributed by atoms with Gasteiger partial charge in [-0.3, -0.25) is 14.2 Å². The highest BCUT2D eigenvalue weighted by atomic mass is 16.5. The van der Waals surface area contributed by atoms with Gasteiger partial charge in [-0.15, -0.1) is 0 Å². The first-order chi connectivity index (χ1) is 16.1. The van der Waals surface area contributed by atoms with Gasteiger partial charge in [0.15, 0.2) is 11.5 Å². The van der Waals surface area contributed by atoms with Crippen LogP contribution < -0.4 is 19.9 Å². The lowest BCUT2D eigenvalue weighted by molar-refractivity contribution is -0.125. The Labute approximate surface area is 193 Å². The molecule has 1 amide bonds. The van der Waals surface area contributed by atoms with E-state index in [1.54, 1.807) is 55.7 Å². The van der Waals surface area contributed by atoms with Gasteiger partial charge in [0, 0.05) is 44.1 Å². The number of aromatic nitrogens is 1. The minimum absolute atomic E-state index is 0.189. The fourth-order valence-electron chi connectivity index (χ4n) is 3.93. The van der Waals surface area contributed by atoms with Crippen molar-refractivity contribution in [2.75, 3.05) is 45.3 Å². The third kappa shape index (κ3) is 4.92. The number of benzene rings is 2. The molecule has 0 bridgehead atoms. The lowest BCUT2D eigenvalue weighted by atomic mass is 10.1. The Morgan fingerprint density at radius 3 is 2.21 bits per heavy atom. The highest BCUT2D eigenvalue weighted by Gasteiger charge is 2.25. The van der Waals surface area contributed by atoms with E-state index in [0.29, 0.717) is 30.3 Å². The zero-order chi connectivity index (χ0) is 23.2. The maximum Gasteiger partial charge on any atom is 0.271 e. The Hall–Kier alpha value is -4.00. The van der Waals surface area contributed by atoms with Crippen LogP contribution in [0.5, 0.6) is 11.5 Å². The molecule has 4 rings (SSSR count). The summed E-state index contributed by atoms with van der Waals surface area (Å²) in [5.74, 6) is 0.956. The lowest BCUT2D eigenvalue weighted by Crippen LogP contribution is -2.49. The summed E-state index contributed by atoms with van der Waals surface area (Å²) in [6.07, 6.45) is 3.34. The molecule has 0 aliphatic carbocycles. The molecule has 170 valence electrons. The number of amides is 1. The smallest absolute Gasteiger partial charge is 0.271 e. The summed E-state index contributed by atoms with van der Waals surface area (Å²) in [6.45, 7) is 2.59. The highest BCUT2D eigenvalue weighted by Crippen LogP contribution is 2.29. The molecule has 1 saturated heterocycles. The Morgan fingerprint density at radius 1 is 0.848 bits per heavy atom. The molecule has 7 heteroatoms. The maximum atomic E-state index is 13.6. The van der Waals surface area contributed by atoms with E-state index >= 15 is 0 Å². The van der Waals surface area contributed by atoms with Crippen molar-refractivity contribution in [1.29, 1.82) is 0 Å². The van der Waals surface area contributed by atoms with Gasteiger partial charge in [-0.05, 0) is 42.0 Å². The van der Waals surface area contributed by atoms with Crippen molar-refractivity contribution in [1.82, 2.24) is 9.47 Å². The SMILES string of the molecule is COc1ccc(/C=C(\C(=O)N2CCN(c3ccccc3)CC2)n2ccccc2=O)cc1OC. The largest absolute Gasteiger partial charge is 0.493 e. The normalized spacial score (nSPS) is 14.2. The van der Waals surface area contributed by atoms with E-state index in [9.17, 15) is 9.59 Å². The summed E-state index contributed by atoms with van der Waals surface area (Å²) in [6, 6.07) is 20.4. The van der Waals surface area contributed by atoms with E-state index in [1.807, 2.05) is 24.3 Å². The van der Waals surface area contributed by atoms with Crippen LogP contribution in [0.3, 0.4) is 0 Å². The molecular weight excluding hydrogens is 418 g/mol. The van der Waals surface area contributed by atoms with E-state index in [4.69, 9.17) is 9.47 Å². The van der Waals surface area contributed by atoms with Crippen LogP contribution in [0.2, 0.25) is 0 Å². The molecule has 1 aliphatic heterocycles. The van der Waals surface area contributed by atoms with Crippen LogP contribution >= 0.6 is 0 Å². The van der Waals surface area contributed by atoms with Crippen LogP contribution in [0, 0.1) is 0 Å². The lowest BCUT2D eigenvalue weighted by Gasteiger charge is -2.36.